The molecule has 3 saturated heterocycles. The number of carbonyl (C=O) groups excluding carboxylic acids is 2. The van der Waals surface area contributed by atoms with Crippen LogP contribution >= 0.6 is 0 Å². The summed E-state index contributed by atoms with van der Waals surface area (Å²) in [4.78, 5) is 37.9. The van der Waals surface area contributed by atoms with E-state index in [0.29, 0.717) is 23.8 Å². The van der Waals surface area contributed by atoms with Gasteiger partial charge < -0.3 is 9.47 Å². The Hall–Kier alpha value is -4.31. The number of hydrogen-bond donors (Lipinski definition) is 1. The third-order valence-corrected chi connectivity index (χ3v) is 10.1. The first-order chi connectivity index (χ1) is 23.0. The van der Waals surface area contributed by atoms with Crippen molar-refractivity contribution in [3.05, 3.63) is 96.1 Å². The molecule has 0 radical (unpaired) electrons. The predicted octanol–water partition coefficient (Wildman–Crippen LogP) is 6.29. The lowest BCUT2D eigenvalue weighted by Crippen LogP contribution is -2.50. The van der Waals surface area contributed by atoms with E-state index >= 15 is 0 Å². The molecule has 4 heterocycles. The number of hydrogen-bond acceptors (Lipinski definition) is 7. The molecule has 244 valence electrons. The number of rotatable bonds is 6. The minimum absolute atomic E-state index is 0.241. The van der Waals surface area contributed by atoms with Crippen LogP contribution in [0.15, 0.2) is 84.9 Å². The smallest absolute Gasteiger partial charge is 0.433 e. The normalized spacial score (nSPS) is 20.8. The van der Waals surface area contributed by atoms with Gasteiger partial charge in [0.25, 0.3) is 5.91 Å². The number of fused-ring (bicyclic) bond motifs is 1. The fraction of sp³-hybridized carbons (Fsp3) is 0.395. The number of amides is 2. The molecule has 1 spiro atoms. The summed E-state index contributed by atoms with van der Waals surface area (Å²) in [5.41, 5.74) is 7.48. The summed E-state index contributed by atoms with van der Waals surface area (Å²) < 4.78 is 10.7. The first-order valence-corrected chi connectivity index (χ1v) is 16.8. The Bertz CT molecular complexity index is 1710. The maximum Gasteiger partial charge on any atom is 0.433 e. The second-order valence-corrected chi connectivity index (χ2v) is 13.2. The first-order valence-electron chi connectivity index (χ1n) is 16.8. The van der Waals surface area contributed by atoms with Crippen molar-refractivity contribution in [2.75, 3.05) is 51.5 Å². The molecule has 47 heavy (non-hydrogen) atoms. The van der Waals surface area contributed by atoms with E-state index in [-0.39, 0.29) is 11.3 Å². The predicted molar refractivity (Wildman–Crippen MR) is 183 cm³/mol. The highest BCUT2D eigenvalue weighted by Crippen LogP contribution is 2.42. The highest BCUT2D eigenvalue weighted by atomic mass is 16.5. The van der Waals surface area contributed by atoms with E-state index in [1.54, 1.807) is 12.1 Å². The molecule has 3 aromatic carbocycles. The number of hydrazine groups is 1. The summed E-state index contributed by atoms with van der Waals surface area (Å²) in [5.74, 6) is -0.387. The van der Waals surface area contributed by atoms with Gasteiger partial charge in [0.05, 0.1) is 29.6 Å². The number of likely N-dealkylation sites (tertiary alicyclic amines) is 2. The summed E-state index contributed by atoms with van der Waals surface area (Å²) in [6.45, 7) is 6.53. The number of benzene rings is 3. The zero-order valence-electron chi connectivity index (χ0n) is 27.1. The molecule has 0 saturated carbocycles. The number of methoxy groups -OCH3 is 1. The number of nitrogens with zero attached hydrogens (tertiary/aromatic N) is 4. The van der Waals surface area contributed by atoms with E-state index in [1.807, 2.05) is 72.8 Å². The van der Waals surface area contributed by atoms with Crippen LogP contribution in [0.25, 0.3) is 22.2 Å². The zero-order chi connectivity index (χ0) is 32.2. The van der Waals surface area contributed by atoms with Crippen molar-refractivity contribution in [1.82, 2.24) is 20.2 Å². The van der Waals surface area contributed by atoms with E-state index in [4.69, 9.17) is 14.5 Å². The molecule has 1 atom stereocenters. The molecule has 3 aliphatic rings. The van der Waals surface area contributed by atoms with Gasteiger partial charge in [0.1, 0.15) is 0 Å². The number of aromatic nitrogens is 1. The van der Waals surface area contributed by atoms with Crippen LogP contribution < -0.4 is 10.4 Å². The number of ether oxygens (including phenoxy) is 2. The van der Waals surface area contributed by atoms with Crippen LogP contribution in [0.2, 0.25) is 0 Å². The highest BCUT2D eigenvalue weighted by molar-refractivity contribution is 6.10. The van der Waals surface area contributed by atoms with Gasteiger partial charge in [0.2, 0.25) is 0 Å². The quantitative estimate of drug-likeness (QED) is 0.250. The molecule has 1 N–H and O–H groups in total. The van der Waals surface area contributed by atoms with Crippen molar-refractivity contribution in [1.29, 1.82) is 0 Å². The van der Waals surface area contributed by atoms with Crippen LogP contribution in [0.3, 0.4) is 0 Å². The van der Waals surface area contributed by atoms with Crippen LogP contribution in [0, 0.1) is 5.41 Å². The fourth-order valence-electron chi connectivity index (χ4n) is 7.87. The van der Waals surface area contributed by atoms with Crippen molar-refractivity contribution in [2.45, 2.75) is 44.7 Å². The molecule has 7 rings (SSSR count). The molecule has 0 aliphatic carbocycles. The van der Waals surface area contributed by atoms with Crippen LogP contribution in [0.4, 0.5) is 10.5 Å². The fourth-order valence-corrected chi connectivity index (χ4v) is 7.87. The number of piperidine rings is 1. The minimum atomic E-state index is -0.680. The molecule has 2 amide bonds. The number of nitrogens with one attached hydrogen (secondary N) is 1. The van der Waals surface area contributed by atoms with Crippen molar-refractivity contribution >= 4 is 28.6 Å². The number of para-hydroxylation sites is 2. The number of pyridine rings is 1. The first kappa shape index (κ1) is 31.3. The average molecular weight is 634 g/mol. The summed E-state index contributed by atoms with van der Waals surface area (Å²) >= 11 is 0. The Kier molecular flexibility index (Phi) is 9.20. The minimum Gasteiger partial charge on any atom is -0.451 e. The molecule has 1 aromatic heterocycles. The third kappa shape index (κ3) is 6.61. The summed E-state index contributed by atoms with van der Waals surface area (Å²) in [5, 5.41) is 1.91. The Balaban J connectivity index is 1.25. The van der Waals surface area contributed by atoms with Gasteiger partial charge in [0, 0.05) is 55.4 Å². The largest absolute Gasteiger partial charge is 0.451 e. The molecule has 4 aromatic rings. The van der Waals surface area contributed by atoms with Gasteiger partial charge >= 0.3 is 6.09 Å². The molecule has 0 bridgehead atoms. The average Bonchev–Trinajstić information content (AvgIpc) is 3.51. The van der Waals surface area contributed by atoms with E-state index in [2.05, 4.69) is 15.2 Å². The highest BCUT2D eigenvalue weighted by Gasteiger charge is 2.43. The Labute approximate surface area is 276 Å². The van der Waals surface area contributed by atoms with Crippen molar-refractivity contribution < 1.29 is 19.1 Å². The third-order valence-electron chi connectivity index (χ3n) is 10.1. The molecule has 3 aliphatic heterocycles. The van der Waals surface area contributed by atoms with Gasteiger partial charge in [-0.2, -0.15) is 5.01 Å². The molecule has 1 unspecified atom stereocenters. The summed E-state index contributed by atoms with van der Waals surface area (Å²) in [7, 11) is 1.31. The molecular weight excluding hydrogens is 590 g/mol. The van der Waals surface area contributed by atoms with Crippen molar-refractivity contribution in [2.24, 2.45) is 5.41 Å². The van der Waals surface area contributed by atoms with Crippen LogP contribution in [-0.4, -0.2) is 79.3 Å². The lowest BCUT2D eigenvalue weighted by molar-refractivity contribution is -0.00248. The Morgan fingerprint density at radius 2 is 1.66 bits per heavy atom. The van der Waals surface area contributed by atoms with Crippen LogP contribution in [-0.2, 0) is 16.0 Å². The van der Waals surface area contributed by atoms with Crippen molar-refractivity contribution in [3.8, 4) is 11.3 Å². The second kappa shape index (κ2) is 13.8. The monoisotopic (exact) mass is 633 g/mol. The van der Waals surface area contributed by atoms with Gasteiger partial charge in [0.15, 0.2) is 0 Å². The summed E-state index contributed by atoms with van der Waals surface area (Å²) in [6, 6.07) is 27.5. The number of anilines is 1. The molecule has 3 fully saturated rings. The van der Waals surface area contributed by atoms with E-state index < -0.39 is 6.09 Å². The number of carbonyl (C=O) groups is 2. The SMILES string of the molecule is COC(=O)N(NC(=O)c1c(CN2CCC3(CCCN(C4CCOCC4)C3)C2)c(-c2ccccc2)nc2ccccc12)c1ccccc1. The van der Waals surface area contributed by atoms with E-state index in [1.165, 1.54) is 31.5 Å². The maximum atomic E-state index is 14.5. The maximum absolute atomic E-state index is 14.5. The second-order valence-electron chi connectivity index (χ2n) is 13.2. The Morgan fingerprint density at radius 1 is 0.936 bits per heavy atom. The van der Waals surface area contributed by atoms with Crippen LogP contribution in [0.1, 0.15) is 48.0 Å². The van der Waals surface area contributed by atoms with Gasteiger partial charge in [-0.1, -0.05) is 66.7 Å². The van der Waals surface area contributed by atoms with Gasteiger partial charge in [-0.3, -0.25) is 20.0 Å². The molecule has 9 heteroatoms. The topological polar surface area (TPSA) is 87.2 Å². The van der Waals surface area contributed by atoms with Crippen LogP contribution in [0.5, 0.6) is 0 Å². The summed E-state index contributed by atoms with van der Waals surface area (Å²) in [6.07, 6.45) is 5.14. The van der Waals surface area contributed by atoms with Gasteiger partial charge in [-0.05, 0) is 68.8 Å². The van der Waals surface area contributed by atoms with Gasteiger partial charge in [-0.15, -0.1) is 0 Å². The van der Waals surface area contributed by atoms with E-state index in [0.717, 1.165) is 79.8 Å². The molecular formula is C38H43N5O4. The lowest BCUT2D eigenvalue weighted by atomic mass is 9.78. The standard InChI is InChI=1S/C38H43N5O4/c1-46-37(45)43(30-13-6-3-7-14-30)40-36(44)34-31-15-8-9-16-33(31)39-35(28-11-4-2-5-12-28)32(34)25-41-22-20-38(26-41)19-10-21-42(27-38)29-17-23-47-24-18-29/h2-9,11-16,29H,10,17-27H2,1H3,(H,40,44). The van der Waals surface area contributed by atoms with E-state index in [9.17, 15) is 9.59 Å². The van der Waals surface area contributed by atoms with Gasteiger partial charge in [-0.25, -0.2) is 9.78 Å². The molecule has 9 nitrogen and oxygen atoms in total. The van der Waals surface area contributed by atoms with Crippen molar-refractivity contribution in [3.63, 3.8) is 0 Å². The zero-order valence-corrected chi connectivity index (χ0v) is 27.1. The Morgan fingerprint density at radius 3 is 2.43 bits per heavy atom. The lowest BCUT2D eigenvalue weighted by Gasteiger charge is -2.45.